The molecule has 0 heterocycles. The second kappa shape index (κ2) is 12.8. The quantitative estimate of drug-likeness (QED) is 0.186. The molecule has 0 amide bonds. The molecule has 0 spiro atoms. The predicted octanol–water partition coefficient (Wildman–Crippen LogP) is 7.42. The highest BCUT2D eigenvalue weighted by molar-refractivity contribution is 7.92. The van der Waals surface area contributed by atoms with Crippen molar-refractivity contribution in [1.29, 1.82) is 0 Å². The van der Waals surface area contributed by atoms with Crippen LogP contribution in [0.3, 0.4) is 0 Å². The molecule has 29 heavy (non-hydrogen) atoms. The lowest BCUT2D eigenvalue weighted by Gasteiger charge is -2.27. The average Bonchev–Trinajstić information content (AvgIpc) is 2.56. The molecule has 0 saturated carbocycles. The van der Waals surface area contributed by atoms with E-state index in [2.05, 4.69) is 0 Å². The first-order chi connectivity index (χ1) is 13.1. The summed E-state index contributed by atoms with van der Waals surface area (Å²) in [5, 5.41) is -3.79. The van der Waals surface area contributed by atoms with Crippen molar-refractivity contribution in [2.24, 2.45) is 0 Å². The Bertz CT molecular complexity index is 510. The van der Waals surface area contributed by atoms with Crippen LogP contribution in [0.15, 0.2) is 0 Å². The zero-order valence-electron chi connectivity index (χ0n) is 16.6. The minimum absolute atomic E-state index is 0.122. The van der Waals surface area contributed by atoms with Crippen LogP contribution in [0.4, 0.5) is 26.3 Å². The molecule has 11 heteroatoms. The van der Waals surface area contributed by atoms with Crippen LogP contribution >= 0.6 is 23.2 Å². The van der Waals surface area contributed by atoms with Gasteiger partial charge in [-0.25, -0.2) is 8.42 Å². The Kier molecular flexibility index (Phi) is 12.9. The van der Waals surface area contributed by atoms with E-state index in [-0.39, 0.29) is 38.5 Å². The first-order valence-electron chi connectivity index (χ1n) is 9.76. The van der Waals surface area contributed by atoms with Crippen molar-refractivity contribution >= 4 is 33.0 Å². The Morgan fingerprint density at radius 1 is 0.690 bits per heavy atom. The lowest BCUT2D eigenvalue weighted by Crippen LogP contribution is -2.35. The maximum Gasteiger partial charge on any atom is 0.389 e. The molecule has 4 unspecified atom stereocenters. The molecule has 0 aromatic heterocycles. The summed E-state index contributed by atoms with van der Waals surface area (Å²) < 4.78 is 101. The lowest BCUT2D eigenvalue weighted by molar-refractivity contribution is -0.136. The van der Waals surface area contributed by atoms with E-state index >= 15 is 0 Å². The fourth-order valence-electron chi connectivity index (χ4n) is 3.20. The fourth-order valence-corrected chi connectivity index (χ4v) is 6.73. The minimum Gasteiger partial charge on any atom is -0.228 e. The minimum atomic E-state index is -4.37. The molecular weight excluding hydrogens is 465 g/mol. The van der Waals surface area contributed by atoms with Gasteiger partial charge in [0.1, 0.15) is 0 Å². The van der Waals surface area contributed by atoms with Gasteiger partial charge in [-0.05, 0) is 38.5 Å². The van der Waals surface area contributed by atoms with Gasteiger partial charge in [0.05, 0.1) is 10.5 Å². The van der Waals surface area contributed by atoms with Gasteiger partial charge in [-0.3, -0.25) is 0 Å². The third-order valence-electron chi connectivity index (χ3n) is 4.67. The molecule has 0 aromatic carbocycles. The number of rotatable bonds is 14. The second-order valence-corrected chi connectivity index (χ2v) is 11.1. The van der Waals surface area contributed by atoms with E-state index in [1.165, 1.54) is 0 Å². The summed E-state index contributed by atoms with van der Waals surface area (Å²) >= 11 is 12.0. The summed E-state index contributed by atoms with van der Waals surface area (Å²) in [5.41, 5.74) is 0. The van der Waals surface area contributed by atoms with Crippen LogP contribution in [-0.2, 0) is 9.84 Å². The number of sulfone groups is 1. The van der Waals surface area contributed by atoms with E-state index in [9.17, 15) is 34.8 Å². The number of hydrogen-bond donors (Lipinski definition) is 0. The molecule has 2 nitrogen and oxygen atoms in total. The highest BCUT2D eigenvalue weighted by Crippen LogP contribution is 2.32. The first-order valence-corrected chi connectivity index (χ1v) is 12.2. The van der Waals surface area contributed by atoms with Crippen LogP contribution in [0.25, 0.3) is 0 Å². The monoisotopic (exact) mass is 494 g/mol. The van der Waals surface area contributed by atoms with Crippen LogP contribution in [-0.4, -0.2) is 42.0 Å². The molecule has 0 aliphatic carbocycles. The van der Waals surface area contributed by atoms with Crippen LogP contribution < -0.4 is 0 Å². The van der Waals surface area contributed by atoms with Gasteiger partial charge in [-0.2, -0.15) is 26.3 Å². The van der Waals surface area contributed by atoms with Gasteiger partial charge in [-0.1, -0.05) is 26.7 Å². The Labute approximate surface area is 179 Å². The van der Waals surface area contributed by atoms with Crippen molar-refractivity contribution in [2.75, 3.05) is 0 Å². The van der Waals surface area contributed by atoms with Crippen LogP contribution in [0.2, 0.25) is 0 Å². The van der Waals surface area contributed by atoms with Gasteiger partial charge in [0, 0.05) is 23.6 Å². The summed E-state index contributed by atoms with van der Waals surface area (Å²) in [4.78, 5) is 0. The highest BCUT2D eigenvalue weighted by atomic mass is 35.5. The summed E-state index contributed by atoms with van der Waals surface area (Å²) in [7, 11) is -3.82. The Morgan fingerprint density at radius 2 is 1.00 bits per heavy atom. The molecular formula is C18H30Cl2F6O2S. The zero-order valence-corrected chi connectivity index (χ0v) is 19.0. The lowest BCUT2D eigenvalue weighted by atomic mass is 10.1. The van der Waals surface area contributed by atoms with Gasteiger partial charge in [0.15, 0.2) is 9.84 Å². The summed E-state index contributed by atoms with van der Waals surface area (Å²) in [6.07, 6.45) is -10.5. The Hall–Kier alpha value is 0.110. The van der Waals surface area contributed by atoms with E-state index in [0.29, 0.717) is 12.8 Å². The van der Waals surface area contributed by atoms with E-state index in [1.807, 2.05) is 0 Å². The number of alkyl halides is 8. The molecule has 0 aliphatic rings. The summed E-state index contributed by atoms with van der Waals surface area (Å²) in [5.74, 6) is 0. The third-order valence-corrected chi connectivity index (χ3v) is 8.18. The Morgan fingerprint density at radius 3 is 1.24 bits per heavy atom. The molecule has 0 radical (unpaired) electrons. The SMILES string of the molecule is CCCC(CC(Cl)CCC(F)(F)F)S(=O)(=O)C(CCC)CC(Cl)CCC(F)(F)F. The van der Waals surface area contributed by atoms with Gasteiger partial charge in [0.25, 0.3) is 0 Å². The molecule has 0 N–H and O–H groups in total. The van der Waals surface area contributed by atoms with Crippen molar-refractivity contribution in [3.63, 3.8) is 0 Å². The molecule has 0 bridgehead atoms. The van der Waals surface area contributed by atoms with Crippen molar-refractivity contribution in [3.05, 3.63) is 0 Å². The second-order valence-electron chi connectivity index (χ2n) is 7.38. The van der Waals surface area contributed by atoms with Gasteiger partial charge >= 0.3 is 12.4 Å². The van der Waals surface area contributed by atoms with Crippen LogP contribution in [0, 0.1) is 0 Å². The summed E-state index contributed by atoms with van der Waals surface area (Å²) in [6, 6.07) is 0. The summed E-state index contributed by atoms with van der Waals surface area (Å²) in [6.45, 7) is 3.51. The third kappa shape index (κ3) is 13.2. The normalized spacial score (nSPS) is 17.7. The van der Waals surface area contributed by atoms with E-state index in [4.69, 9.17) is 23.2 Å². The van der Waals surface area contributed by atoms with E-state index in [1.54, 1.807) is 13.8 Å². The van der Waals surface area contributed by atoms with E-state index < -0.39 is 56.3 Å². The number of halogens is 8. The van der Waals surface area contributed by atoms with Gasteiger partial charge in [-0.15, -0.1) is 23.2 Å². The molecule has 4 atom stereocenters. The topological polar surface area (TPSA) is 34.1 Å². The largest absolute Gasteiger partial charge is 0.389 e. The van der Waals surface area contributed by atoms with Crippen LogP contribution in [0.1, 0.15) is 78.1 Å². The van der Waals surface area contributed by atoms with Gasteiger partial charge < -0.3 is 0 Å². The molecule has 0 fully saturated rings. The van der Waals surface area contributed by atoms with Crippen molar-refractivity contribution in [3.8, 4) is 0 Å². The van der Waals surface area contributed by atoms with E-state index in [0.717, 1.165) is 0 Å². The smallest absolute Gasteiger partial charge is 0.228 e. The molecule has 0 aromatic rings. The average molecular weight is 495 g/mol. The standard InChI is InChI=1S/C18H30Cl2F6O2S/c1-3-5-15(11-13(19)7-9-17(21,22)23)29(27,28)16(6-4-2)12-14(20)8-10-18(24,25)26/h13-16H,3-12H2,1-2H3. The molecule has 176 valence electrons. The molecule has 0 saturated heterocycles. The van der Waals surface area contributed by atoms with Crippen molar-refractivity contribution < 1.29 is 34.8 Å². The highest BCUT2D eigenvalue weighted by Gasteiger charge is 2.37. The van der Waals surface area contributed by atoms with Gasteiger partial charge in [0.2, 0.25) is 0 Å². The first kappa shape index (κ1) is 29.1. The molecule has 0 aliphatic heterocycles. The van der Waals surface area contributed by atoms with Crippen molar-refractivity contribution in [1.82, 2.24) is 0 Å². The maximum atomic E-state index is 13.1. The van der Waals surface area contributed by atoms with Crippen LogP contribution in [0.5, 0.6) is 0 Å². The fraction of sp³-hybridized carbons (Fsp3) is 1.00. The number of hydrogen-bond acceptors (Lipinski definition) is 2. The Balaban J connectivity index is 5.22. The predicted molar refractivity (Wildman–Crippen MR) is 105 cm³/mol. The zero-order chi connectivity index (χ0) is 22.9. The molecule has 0 rings (SSSR count). The van der Waals surface area contributed by atoms with Crippen molar-refractivity contribution in [2.45, 2.75) is 112 Å². The maximum absolute atomic E-state index is 13.1.